The highest BCUT2D eigenvalue weighted by Gasteiger charge is 2.40. The third-order valence-electron chi connectivity index (χ3n) is 4.60. The van der Waals surface area contributed by atoms with Gasteiger partial charge >= 0.3 is 0 Å². The first-order chi connectivity index (χ1) is 9.11. The van der Waals surface area contributed by atoms with E-state index < -0.39 is 0 Å². The van der Waals surface area contributed by atoms with Gasteiger partial charge in [0, 0.05) is 32.1 Å². The SMILES string of the molecule is Cc1ncn(C)c1C(=O)N1CCC[C@@]2(CCNC2)C1. The molecular formula is C14H22N4O. The zero-order valence-electron chi connectivity index (χ0n) is 11.8. The quantitative estimate of drug-likeness (QED) is 0.819. The van der Waals surface area contributed by atoms with Crippen molar-refractivity contribution >= 4 is 5.91 Å². The molecule has 2 saturated heterocycles. The Morgan fingerprint density at radius 3 is 2.95 bits per heavy atom. The number of carbonyl (C=O) groups excluding carboxylic acids is 1. The minimum Gasteiger partial charge on any atom is -0.337 e. The van der Waals surface area contributed by atoms with Crippen molar-refractivity contribution in [2.24, 2.45) is 12.5 Å². The van der Waals surface area contributed by atoms with Gasteiger partial charge in [0.25, 0.3) is 5.91 Å². The Bertz CT molecular complexity index is 468. The van der Waals surface area contributed by atoms with Crippen molar-refractivity contribution in [1.29, 1.82) is 0 Å². The van der Waals surface area contributed by atoms with E-state index in [1.165, 1.54) is 12.8 Å². The molecule has 1 amide bonds. The topological polar surface area (TPSA) is 50.2 Å². The summed E-state index contributed by atoms with van der Waals surface area (Å²) in [5.74, 6) is 0.142. The van der Waals surface area contributed by atoms with E-state index in [1.54, 1.807) is 6.33 Å². The molecule has 104 valence electrons. The van der Waals surface area contributed by atoms with Crippen molar-refractivity contribution in [1.82, 2.24) is 19.8 Å². The summed E-state index contributed by atoms with van der Waals surface area (Å²) >= 11 is 0. The van der Waals surface area contributed by atoms with Crippen LogP contribution in [-0.2, 0) is 7.05 Å². The van der Waals surface area contributed by atoms with Gasteiger partial charge in [-0.05, 0) is 32.7 Å². The summed E-state index contributed by atoms with van der Waals surface area (Å²) in [6.45, 7) is 5.83. The van der Waals surface area contributed by atoms with Crippen LogP contribution in [0, 0.1) is 12.3 Å². The third kappa shape index (κ3) is 2.16. The van der Waals surface area contributed by atoms with Gasteiger partial charge in [-0.1, -0.05) is 0 Å². The molecule has 3 rings (SSSR count). The lowest BCUT2D eigenvalue weighted by atomic mass is 9.79. The van der Waals surface area contributed by atoms with Gasteiger partial charge in [-0.25, -0.2) is 4.98 Å². The first-order valence-electron chi connectivity index (χ1n) is 7.09. The number of carbonyl (C=O) groups is 1. The smallest absolute Gasteiger partial charge is 0.272 e. The Morgan fingerprint density at radius 2 is 2.32 bits per heavy atom. The molecule has 3 heterocycles. The van der Waals surface area contributed by atoms with Gasteiger partial charge < -0.3 is 14.8 Å². The Hall–Kier alpha value is -1.36. The molecule has 0 unspecified atom stereocenters. The summed E-state index contributed by atoms with van der Waals surface area (Å²) in [5, 5.41) is 3.44. The summed E-state index contributed by atoms with van der Waals surface area (Å²) in [4.78, 5) is 18.9. The maximum Gasteiger partial charge on any atom is 0.272 e. The minimum absolute atomic E-state index is 0.142. The molecule has 2 aliphatic heterocycles. The second kappa shape index (κ2) is 4.63. The highest BCUT2D eigenvalue weighted by atomic mass is 16.2. The number of aromatic nitrogens is 2. The van der Waals surface area contributed by atoms with Crippen LogP contribution in [0.15, 0.2) is 6.33 Å². The largest absolute Gasteiger partial charge is 0.337 e. The fourth-order valence-electron chi connectivity index (χ4n) is 3.53. The van der Waals surface area contributed by atoms with E-state index in [-0.39, 0.29) is 5.91 Å². The lowest BCUT2D eigenvalue weighted by Gasteiger charge is -2.40. The van der Waals surface area contributed by atoms with Crippen molar-refractivity contribution in [2.45, 2.75) is 26.2 Å². The molecule has 0 aromatic carbocycles. The van der Waals surface area contributed by atoms with Gasteiger partial charge in [0.2, 0.25) is 0 Å². The molecule has 0 saturated carbocycles. The van der Waals surface area contributed by atoms with Gasteiger partial charge in [-0.3, -0.25) is 4.79 Å². The number of likely N-dealkylation sites (tertiary alicyclic amines) is 1. The van der Waals surface area contributed by atoms with Crippen molar-refractivity contribution in [3.8, 4) is 0 Å². The number of hydrogen-bond acceptors (Lipinski definition) is 3. The molecule has 0 aliphatic carbocycles. The highest BCUT2D eigenvalue weighted by molar-refractivity contribution is 5.93. The molecule has 19 heavy (non-hydrogen) atoms. The van der Waals surface area contributed by atoms with E-state index in [0.717, 1.165) is 44.0 Å². The monoisotopic (exact) mass is 262 g/mol. The van der Waals surface area contributed by atoms with Crippen molar-refractivity contribution in [3.63, 3.8) is 0 Å². The van der Waals surface area contributed by atoms with E-state index in [0.29, 0.717) is 5.41 Å². The summed E-state index contributed by atoms with van der Waals surface area (Å²) in [6.07, 6.45) is 5.28. The number of imidazole rings is 1. The summed E-state index contributed by atoms with van der Waals surface area (Å²) < 4.78 is 1.84. The molecule has 1 aromatic heterocycles. The van der Waals surface area contributed by atoms with Gasteiger partial charge in [-0.15, -0.1) is 0 Å². The van der Waals surface area contributed by atoms with Crippen LogP contribution in [0.4, 0.5) is 0 Å². The average Bonchev–Trinajstić information content (AvgIpc) is 2.97. The Morgan fingerprint density at radius 1 is 1.47 bits per heavy atom. The second-order valence-corrected chi connectivity index (χ2v) is 6.05. The number of piperidine rings is 1. The van der Waals surface area contributed by atoms with Crippen LogP contribution in [0.3, 0.4) is 0 Å². The van der Waals surface area contributed by atoms with E-state index in [4.69, 9.17) is 0 Å². The van der Waals surface area contributed by atoms with E-state index >= 15 is 0 Å². The van der Waals surface area contributed by atoms with Gasteiger partial charge in [0.15, 0.2) is 0 Å². The molecule has 2 aliphatic rings. The number of rotatable bonds is 1. The predicted molar refractivity (Wildman–Crippen MR) is 73.0 cm³/mol. The van der Waals surface area contributed by atoms with Crippen molar-refractivity contribution in [2.75, 3.05) is 26.2 Å². The lowest BCUT2D eigenvalue weighted by Crippen LogP contribution is -2.47. The summed E-state index contributed by atoms with van der Waals surface area (Å²) in [6, 6.07) is 0. The molecule has 1 N–H and O–H groups in total. The average molecular weight is 262 g/mol. The van der Waals surface area contributed by atoms with Crippen LogP contribution >= 0.6 is 0 Å². The zero-order valence-corrected chi connectivity index (χ0v) is 11.8. The highest BCUT2D eigenvalue weighted by Crippen LogP contribution is 2.36. The number of hydrogen-bond donors (Lipinski definition) is 1. The predicted octanol–water partition coefficient (Wildman–Crippen LogP) is 0.944. The summed E-state index contributed by atoms with van der Waals surface area (Å²) in [5.41, 5.74) is 1.89. The van der Waals surface area contributed by atoms with Crippen molar-refractivity contribution < 1.29 is 4.79 Å². The molecule has 0 radical (unpaired) electrons. The summed E-state index contributed by atoms with van der Waals surface area (Å²) in [7, 11) is 1.89. The van der Waals surface area contributed by atoms with E-state index in [1.807, 2.05) is 23.4 Å². The van der Waals surface area contributed by atoms with Crippen LogP contribution < -0.4 is 5.32 Å². The number of amides is 1. The normalized spacial score (nSPS) is 27.2. The van der Waals surface area contributed by atoms with Gasteiger partial charge in [-0.2, -0.15) is 0 Å². The molecule has 0 bridgehead atoms. The fourth-order valence-corrected chi connectivity index (χ4v) is 3.53. The maximum atomic E-state index is 12.7. The first kappa shape index (κ1) is 12.7. The number of nitrogens with one attached hydrogen (secondary N) is 1. The van der Waals surface area contributed by atoms with Crippen LogP contribution in [-0.4, -0.2) is 46.5 Å². The molecular weight excluding hydrogens is 240 g/mol. The number of aryl methyl sites for hydroxylation is 2. The van der Waals surface area contributed by atoms with Crippen molar-refractivity contribution in [3.05, 3.63) is 17.7 Å². The molecule has 1 atom stereocenters. The third-order valence-corrected chi connectivity index (χ3v) is 4.60. The first-order valence-corrected chi connectivity index (χ1v) is 7.09. The minimum atomic E-state index is 0.142. The van der Waals surface area contributed by atoms with E-state index in [9.17, 15) is 4.79 Å². The molecule has 5 heteroatoms. The second-order valence-electron chi connectivity index (χ2n) is 6.05. The molecule has 2 fully saturated rings. The van der Waals surface area contributed by atoms with Crippen LogP contribution in [0.2, 0.25) is 0 Å². The zero-order chi connectivity index (χ0) is 13.5. The Kier molecular flexibility index (Phi) is 3.09. The molecule has 1 aromatic rings. The number of nitrogens with zero attached hydrogens (tertiary/aromatic N) is 3. The standard InChI is InChI=1S/C14H22N4O/c1-11-12(17(2)10-16-11)13(19)18-7-3-4-14(9-18)5-6-15-8-14/h10,15H,3-9H2,1-2H3/t14-/m0/s1. The molecule has 5 nitrogen and oxygen atoms in total. The molecule has 1 spiro atoms. The van der Waals surface area contributed by atoms with Crippen LogP contribution in [0.5, 0.6) is 0 Å². The van der Waals surface area contributed by atoms with Crippen LogP contribution in [0.1, 0.15) is 35.4 Å². The van der Waals surface area contributed by atoms with E-state index in [2.05, 4.69) is 10.3 Å². The fraction of sp³-hybridized carbons (Fsp3) is 0.714. The van der Waals surface area contributed by atoms with Crippen LogP contribution in [0.25, 0.3) is 0 Å². The maximum absolute atomic E-state index is 12.7. The Balaban J connectivity index is 1.80. The van der Waals surface area contributed by atoms with Gasteiger partial charge in [0.05, 0.1) is 12.0 Å². The Labute approximate surface area is 114 Å². The lowest BCUT2D eigenvalue weighted by molar-refractivity contribution is 0.0543. The van der Waals surface area contributed by atoms with Gasteiger partial charge in [0.1, 0.15) is 5.69 Å².